The van der Waals surface area contributed by atoms with Crippen molar-refractivity contribution in [3.05, 3.63) is 32.7 Å². The summed E-state index contributed by atoms with van der Waals surface area (Å²) < 4.78 is 2.68. The highest BCUT2D eigenvalue weighted by atomic mass is 35.5. The highest BCUT2D eigenvalue weighted by Gasteiger charge is 2.14. The van der Waals surface area contributed by atoms with Crippen molar-refractivity contribution >= 4 is 52.1 Å². The van der Waals surface area contributed by atoms with E-state index in [1.807, 2.05) is 13.2 Å². The molecule has 0 unspecified atom stereocenters. The van der Waals surface area contributed by atoms with Gasteiger partial charge in [-0.3, -0.25) is 9.48 Å². The summed E-state index contributed by atoms with van der Waals surface area (Å²) in [5.41, 5.74) is 0.498. The van der Waals surface area contributed by atoms with E-state index in [2.05, 4.69) is 5.10 Å². The maximum atomic E-state index is 11.9. The number of carbonyl (C=O) groups is 1. The summed E-state index contributed by atoms with van der Waals surface area (Å²) in [5, 5.41) is 4.03. The Morgan fingerprint density at radius 3 is 2.88 bits per heavy atom. The number of ketones is 1. The first-order valence-corrected chi connectivity index (χ1v) is 7.21. The summed E-state index contributed by atoms with van der Waals surface area (Å²) in [4.78, 5) is 12.8. The van der Waals surface area contributed by atoms with E-state index in [1.165, 1.54) is 23.1 Å². The molecule has 0 bridgehead atoms. The Balaban J connectivity index is 2.00. The van der Waals surface area contributed by atoms with Crippen LogP contribution in [0.25, 0.3) is 0 Å². The van der Waals surface area contributed by atoms with Gasteiger partial charge in [-0.15, -0.1) is 23.1 Å². The highest BCUT2D eigenvalue weighted by Crippen LogP contribution is 2.32. The number of hydrogen-bond donors (Lipinski definition) is 0. The predicted octanol–water partition coefficient (Wildman–Crippen LogP) is 3.76. The van der Waals surface area contributed by atoms with Crippen LogP contribution < -0.4 is 0 Å². The van der Waals surface area contributed by atoms with Crippen LogP contribution in [0.3, 0.4) is 0 Å². The van der Waals surface area contributed by atoms with Crippen LogP contribution in [0.5, 0.6) is 0 Å². The molecule has 0 aliphatic rings. The molecule has 7 heteroatoms. The average molecular weight is 307 g/mol. The summed E-state index contributed by atoms with van der Waals surface area (Å²) >= 11 is 14.3. The van der Waals surface area contributed by atoms with E-state index in [0.29, 0.717) is 20.0 Å². The Labute approximate surface area is 117 Å². The maximum absolute atomic E-state index is 11.9. The number of thiophene rings is 1. The number of halogens is 2. The third kappa shape index (κ3) is 3.25. The minimum atomic E-state index is -0.0213. The molecule has 0 N–H and O–H groups in total. The number of carbonyl (C=O) groups excluding carboxylic acids is 1. The number of aromatic nitrogens is 2. The second-order valence-corrected chi connectivity index (χ2v) is 6.63. The number of Topliss-reactive ketones (excluding diaryl/α,β-unsaturated/α-hetero) is 1. The van der Waals surface area contributed by atoms with Gasteiger partial charge < -0.3 is 0 Å². The lowest BCUT2D eigenvalue weighted by atomic mass is 10.2. The third-order valence-electron chi connectivity index (χ3n) is 2.01. The standard InChI is InChI=1S/C10H8Cl2N2OS2/c1-14-4-6(3-13-14)16-5-8(15)7-2-9(11)17-10(7)12/h2-4H,5H2,1H3. The Kier molecular flexibility index (Phi) is 4.14. The molecule has 0 fully saturated rings. The van der Waals surface area contributed by atoms with Crippen molar-refractivity contribution in [2.24, 2.45) is 7.05 Å². The van der Waals surface area contributed by atoms with Crippen LogP contribution in [-0.2, 0) is 7.05 Å². The van der Waals surface area contributed by atoms with Crippen LogP contribution in [0.2, 0.25) is 8.67 Å². The summed E-state index contributed by atoms with van der Waals surface area (Å²) in [5.74, 6) is 0.311. The molecule has 2 aromatic rings. The predicted molar refractivity (Wildman–Crippen MR) is 72.6 cm³/mol. The molecule has 0 radical (unpaired) electrons. The molecular weight excluding hydrogens is 299 g/mol. The average Bonchev–Trinajstić information content (AvgIpc) is 2.81. The minimum Gasteiger partial charge on any atom is -0.293 e. The Bertz CT molecular complexity index is 550. The number of rotatable bonds is 4. The van der Waals surface area contributed by atoms with Gasteiger partial charge in [-0.25, -0.2) is 0 Å². The van der Waals surface area contributed by atoms with Crippen LogP contribution in [-0.4, -0.2) is 21.3 Å². The number of aryl methyl sites for hydroxylation is 1. The van der Waals surface area contributed by atoms with E-state index in [-0.39, 0.29) is 5.78 Å². The van der Waals surface area contributed by atoms with E-state index in [1.54, 1.807) is 16.9 Å². The van der Waals surface area contributed by atoms with Crippen molar-refractivity contribution < 1.29 is 4.79 Å². The molecule has 0 aliphatic heterocycles. The van der Waals surface area contributed by atoms with Crippen LogP contribution in [0.4, 0.5) is 0 Å². The zero-order chi connectivity index (χ0) is 12.4. The lowest BCUT2D eigenvalue weighted by Crippen LogP contribution is -2.00. The van der Waals surface area contributed by atoms with E-state index in [9.17, 15) is 4.79 Å². The Hall–Kier alpha value is -0.490. The second-order valence-electron chi connectivity index (χ2n) is 3.30. The van der Waals surface area contributed by atoms with Gasteiger partial charge in [-0.2, -0.15) is 5.10 Å². The molecule has 2 rings (SSSR count). The topological polar surface area (TPSA) is 34.9 Å². The fraction of sp³-hybridized carbons (Fsp3) is 0.200. The fourth-order valence-corrected chi connectivity index (χ4v) is 3.53. The first kappa shape index (κ1) is 13.0. The molecule has 0 saturated heterocycles. The molecule has 0 amide bonds. The molecule has 0 aromatic carbocycles. The molecule has 17 heavy (non-hydrogen) atoms. The zero-order valence-corrected chi connectivity index (χ0v) is 12.0. The number of hydrogen-bond acceptors (Lipinski definition) is 4. The van der Waals surface area contributed by atoms with E-state index in [0.717, 1.165) is 4.90 Å². The van der Waals surface area contributed by atoms with Gasteiger partial charge >= 0.3 is 0 Å². The van der Waals surface area contributed by atoms with E-state index < -0.39 is 0 Å². The Morgan fingerprint density at radius 1 is 1.59 bits per heavy atom. The molecule has 0 spiro atoms. The van der Waals surface area contributed by atoms with Gasteiger partial charge in [-0.1, -0.05) is 23.2 Å². The normalized spacial score (nSPS) is 10.8. The number of thioether (sulfide) groups is 1. The van der Waals surface area contributed by atoms with Crippen LogP contribution in [0.1, 0.15) is 10.4 Å². The molecule has 90 valence electrons. The monoisotopic (exact) mass is 306 g/mol. The first-order chi connectivity index (χ1) is 8.06. The van der Waals surface area contributed by atoms with Crippen LogP contribution >= 0.6 is 46.3 Å². The Morgan fingerprint density at radius 2 is 2.35 bits per heavy atom. The second kappa shape index (κ2) is 5.44. The van der Waals surface area contributed by atoms with E-state index >= 15 is 0 Å². The van der Waals surface area contributed by atoms with Gasteiger partial charge in [0.2, 0.25) is 0 Å². The summed E-state index contributed by atoms with van der Waals surface area (Å²) in [6.45, 7) is 0. The molecule has 2 heterocycles. The smallest absolute Gasteiger partial charge is 0.175 e. The van der Waals surface area contributed by atoms with Gasteiger partial charge in [0.25, 0.3) is 0 Å². The molecular formula is C10H8Cl2N2OS2. The minimum absolute atomic E-state index is 0.0213. The lowest BCUT2D eigenvalue weighted by Gasteiger charge is -1.97. The van der Waals surface area contributed by atoms with Crippen molar-refractivity contribution in [3.63, 3.8) is 0 Å². The van der Waals surface area contributed by atoms with Crippen LogP contribution in [0.15, 0.2) is 23.4 Å². The van der Waals surface area contributed by atoms with Crippen LogP contribution in [0, 0.1) is 0 Å². The van der Waals surface area contributed by atoms with Gasteiger partial charge in [0.1, 0.15) is 4.34 Å². The molecule has 2 aromatic heterocycles. The van der Waals surface area contributed by atoms with Gasteiger partial charge in [0.05, 0.1) is 16.3 Å². The molecule has 3 nitrogen and oxygen atoms in total. The summed E-state index contributed by atoms with van der Waals surface area (Å²) in [6.07, 6.45) is 3.58. The van der Waals surface area contributed by atoms with Crippen molar-refractivity contribution in [1.82, 2.24) is 9.78 Å². The molecule has 0 aliphatic carbocycles. The van der Waals surface area contributed by atoms with Crippen molar-refractivity contribution in [2.45, 2.75) is 4.90 Å². The van der Waals surface area contributed by atoms with Crippen molar-refractivity contribution in [3.8, 4) is 0 Å². The summed E-state index contributed by atoms with van der Waals surface area (Å²) in [6, 6.07) is 1.61. The van der Waals surface area contributed by atoms with Gasteiger partial charge in [0, 0.05) is 23.7 Å². The molecule has 0 atom stereocenters. The lowest BCUT2D eigenvalue weighted by molar-refractivity contribution is 0.102. The highest BCUT2D eigenvalue weighted by molar-refractivity contribution is 8.00. The zero-order valence-electron chi connectivity index (χ0n) is 8.81. The maximum Gasteiger partial charge on any atom is 0.175 e. The quantitative estimate of drug-likeness (QED) is 0.637. The third-order valence-corrected chi connectivity index (χ3v) is 4.45. The van der Waals surface area contributed by atoms with E-state index in [4.69, 9.17) is 23.2 Å². The van der Waals surface area contributed by atoms with Gasteiger partial charge in [0.15, 0.2) is 5.78 Å². The van der Waals surface area contributed by atoms with Crippen molar-refractivity contribution in [2.75, 3.05) is 5.75 Å². The number of nitrogens with zero attached hydrogens (tertiary/aromatic N) is 2. The van der Waals surface area contributed by atoms with Gasteiger partial charge in [-0.05, 0) is 6.07 Å². The fourth-order valence-electron chi connectivity index (χ4n) is 1.23. The largest absolute Gasteiger partial charge is 0.293 e. The molecule has 0 saturated carbocycles. The first-order valence-electron chi connectivity index (χ1n) is 4.66. The summed E-state index contributed by atoms with van der Waals surface area (Å²) in [7, 11) is 1.83. The van der Waals surface area contributed by atoms with Crippen molar-refractivity contribution in [1.29, 1.82) is 0 Å². The SMILES string of the molecule is Cn1cc(SCC(=O)c2cc(Cl)sc2Cl)cn1.